The van der Waals surface area contributed by atoms with Gasteiger partial charge in [0.2, 0.25) is 0 Å². The van der Waals surface area contributed by atoms with Crippen LogP contribution in [0.5, 0.6) is 0 Å². The van der Waals surface area contributed by atoms with Gasteiger partial charge in [0.25, 0.3) is 0 Å². The van der Waals surface area contributed by atoms with Crippen LogP contribution < -0.4 is 0 Å². The molecule has 2 heterocycles. The summed E-state index contributed by atoms with van der Waals surface area (Å²) in [4.78, 5) is 13.7. The molecule has 1 fully saturated rings. The van der Waals surface area contributed by atoms with Gasteiger partial charge in [0.05, 0.1) is 6.26 Å². The molecule has 0 saturated carbocycles. The van der Waals surface area contributed by atoms with Crippen LogP contribution in [0, 0.1) is 0 Å². The lowest BCUT2D eigenvalue weighted by molar-refractivity contribution is -0.123. The highest BCUT2D eigenvalue weighted by Gasteiger charge is 2.27. The predicted octanol–water partition coefficient (Wildman–Crippen LogP) is 2.26. The molecule has 0 amide bonds. The van der Waals surface area contributed by atoms with Gasteiger partial charge >= 0.3 is 0 Å². The van der Waals surface area contributed by atoms with Crippen LogP contribution >= 0.6 is 0 Å². The Labute approximate surface area is 96.4 Å². The molecular weight excluding hydrogens is 202 g/mol. The second-order valence-corrected chi connectivity index (χ2v) is 4.71. The molecule has 0 aromatic carbocycles. The van der Waals surface area contributed by atoms with Crippen LogP contribution in [0.2, 0.25) is 0 Å². The fourth-order valence-corrected chi connectivity index (χ4v) is 2.51. The lowest BCUT2D eigenvalue weighted by Crippen LogP contribution is -2.46. The van der Waals surface area contributed by atoms with Crippen molar-refractivity contribution in [3.63, 3.8) is 0 Å². The summed E-state index contributed by atoms with van der Waals surface area (Å²) in [6.07, 6.45) is 4.03. The number of furan rings is 1. The molecule has 0 bridgehead atoms. The van der Waals surface area contributed by atoms with Crippen molar-refractivity contribution in [3.05, 3.63) is 24.2 Å². The third-order valence-corrected chi connectivity index (χ3v) is 3.38. The number of piperidine rings is 1. The molecule has 0 radical (unpaired) electrons. The van der Waals surface area contributed by atoms with Crippen molar-refractivity contribution in [2.45, 2.75) is 45.2 Å². The van der Waals surface area contributed by atoms with Crippen molar-refractivity contribution in [2.24, 2.45) is 0 Å². The summed E-state index contributed by atoms with van der Waals surface area (Å²) in [6, 6.07) is 4.74. The second kappa shape index (κ2) is 4.83. The van der Waals surface area contributed by atoms with Crippen LogP contribution in [0.1, 0.15) is 32.4 Å². The fraction of sp³-hybridized carbons (Fsp3) is 0.615. The molecule has 16 heavy (non-hydrogen) atoms. The largest absolute Gasteiger partial charge is 0.469 e. The Morgan fingerprint density at radius 2 is 2.44 bits per heavy atom. The molecule has 0 aliphatic carbocycles. The molecule has 2 rings (SSSR count). The minimum absolute atomic E-state index is 0.367. The van der Waals surface area contributed by atoms with E-state index >= 15 is 0 Å². The Morgan fingerprint density at radius 3 is 3.06 bits per heavy atom. The first-order valence-corrected chi connectivity index (χ1v) is 5.96. The molecule has 1 aliphatic rings. The number of hydrogen-bond acceptors (Lipinski definition) is 3. The van der Waals surface area contributed by atoms with Crippen LogP contribution in [0.15, 0.2) is 22.8 Å². The first kappa shape index (κ1) is 11.4. The van der Waals surface area contributed by atoms with Crippen LogP contribution in [0.4, 0.5) is 0 Å². The highest BCUT2D eigenvalue weighted by atomic mass is 16.3. The van der Waals surface area contributed by atoms with E-state index in [0.717, 1.165) is 18.7 Å². The summed E-state index contributed by atoms with van der Waals surface area (Å²) >= 11 is 0. The number of rotatable bonds is 3. The van der Waals surface area contributed by atoms with Crippen LogP contribution in [0.25, 0.3) is 0 Å². The lowest BCUT2D eigenvalue weighted by atomic mass is 9.99. The maximum atomic E-state index is 11.3. The highest BCUT2D eigenvalue weighted by Crippen LogP contribution is 2.19. The van der Waals surface area contributed by atoms with E-state index in [4.69, 9.17) is 4.42 Å². The quantitative estimate of drug-likeness (QED) is 0.785. The third kappa shape index (κ3) is 2.53. The molecular formula is C13H19NO2. The number of carbonyl (C=O) groups is 1. The Kier molecular flexibility index (Phi) is 3.44. The second-order valence-electron chi connectivity index (χ2n) is 4.71. The Hall–Kier alpha value is -1.09. The van der Waals surface area contributed by atoms with Gasteiger partial charge in [0, 0.05) is 37.9 Å². The number of ketones is 1. The number of carbonyl (C=O) groups excluding carboxylic acids is 1. The summed E-state index contributed by atoms with van der Waals surface area (Å²) in [5.41, 5.74) is 0. The number of Topliss-reactive ketones (excluding diaryl/α,β-unsaturated/α-hetero) is 1. The zero-order valence-electron chi connectivity index (χ0n) is 9.98. The number of hydrogen-bond donors (Lipinski definition) is 0. The summed E-state index contributed by atoms with van der Waals surface area (Å²) in [5.74, 6) is 1.42. The van der Waals surface area contributed by atoms with Crippen molar-refractivity contribution in [1.29, 1.82) is 0 Å². The van der Waals surface area contributed by atoms with E-state index in [-0.39, 0.29) is 0 Å². The van der Waals surface area contributed by atoms with Crippen LogP contribution in [-0.2, 0) is 11.2 Å². The van der Waals surface area contributed by atoms with Gasteiger partial charge in [-0.2, -0.15) is 0 Å². The summed E-state index contributed by atoms with van der Waals surface area (Å²) in [5, 5.41) is 0. The Bertz CT molecular complexity index is 345. The summed E-state index contributed by atoms with van der Waals surface area (Å²) in [6.45, 7) is 5.23. The fourth-order valence-electron chi connectivity index (χ4n) is 2.51. The molecule has 1 aliphatic heterocycles. The van der Waals surface area contributed by atoms with Gasteiger partial charge in [-0.1, -0.05) is 0 Å². The smallest absolute Gasteiger partial charge is 0.135 e. The lowest BCUT2D eigenvalue weighted by Gasteiger charge is -2.37. The van der Waals surface area contributed by atoms with Gasteiger partial charge in [-0.25, -0.2) is 0 Å². The highest BCUT2D eigenvalue weighted by molar-refractivity contribution is 5.79. The zero-order chi connectivity index (χ0) is 11.5. The van der Waals surface area contributed by atoms with Gasteiger partial charge in [0.1, 0.15) is 11.5 Å². The number of nitrogens with zero attached hydrogens (tertiary/aromatic N) is 1. The zero-order valence-corrected chi connectivity index (χ0v) is 9.98. The Morgan fingerprint density at radius 1 is 1.62 bits per heavy atom. The van der Waals surface area contributed by atoms with Crippen molar-refractivity contribution >= 4 is 5.78 Å². The van der Waals surface area contributed by atoms with Crippen molar-refractivity contribution in [3.8, 4) is 0 Å². The molecule has 0 N–H and O–H groups in total. The van der Waals surface area contributed by atoms with Gasteiger partial charge in [-0.05, 0) is 26.0 Å². The first-order chi connectivity index (χ1) is 7.66. The normalized spacial score (nSPS) is 24.6. The summed E-state index contributed by atoms with van der Waals surface area (Å²) in [7, 11) is 0. The molecule has 3 heteroatoms. The molecule has 1 aromatic rings. The van der Waals surface area contributed by atoms with Crippen molar-refractivity contribution in [1.82, 2.24) is 4.90 Å². The average Bonchev–Trinajstić information content (AvgIpc) is 2.70. The summed E-state index contributed by atoms with van der Waals surface area (Å²) < 4.78 is 5.36. The maximum absolute atomic E-state index is 11.3. The molecule has 2 unspecified atom stereocenters. The average molecular weight is 221 g/mol. The van der Waals surface area contributed by atoms with E-state index in [1.807, 2.05) is 12.1 Å². The van der Waals surface area contributed by atoms with Gasteiger partial charge in [0.15, 0.2) is 0 Å². The van der Waals surface area contributed by atoms with Gasteiger partial charge in [-0.15, -0.1) is 0 Å². The maximum Gasteiger partial charge on any atom is 0.135 e. The number of likely N-dealkylation sites (tertiary alicyclic amines) is 1. The van der Waals surface area contributed by atoms with E-state index < -0.39 is 0 Å². The van der Waals surface area contributed by atoms with E-state index in [1.165, 1.54) is 0 Å². The minimum Gasteiger partial charge on any atom is -0.469 e. The van der Waals surface area contributed by atoms with Crippen molar-refractivity contribution < 1.29 is 9.21 Å². The van der Waals surface area contributed by atoms with Crippen molar-refractivity contribution in [2.75, 3.05) is 6.54 Å². The first-order valence-electron chi connectivity index (χ1n) is 5.96. The SMILES string of the molecule is CC1CC(=O)CCN1C(C)Cc1ccco1. The van der Waals surface area contributed by atoms with E-state index in [1.54, 1.807) is 6.26 Å². The predicted molar refractivity (Wildman–Crippen MR) is 62.3 cm³/mol. The van der Waals surface area contributed by atoms with Crippen LogP contribution in [-0.4, -0.2) is 29.3 Å². The van der Waals surface area contributed by atoms with E-state index in [2.05, 4.69) is 18.7 Å². The standard InChI is InChI=1S/C13H19NO2/c1-10-8-12(15)5-6-14(10)11(2)9-13-4-3-7-16-13/h3-4,7,10-11H,5-6,8-9H2,1-2H3. The van der Waals surface area contributed by atoms with Gasteiger partial charge < -0.3 is 4.42 Å². The van der Waals surface area contributed by atoms with Crippen LogP contribution in [0.3, 0.4) is 0 Å². The monoisotopic (exact) mass is 221 g/mol. The molecule has 0 spiro atoms. The minimum atomic E-state index is 0.367. The molecule has 1 saturated heterocycles. The van der Waals surface area contributed by atoms with E-state index in [9.17, 15) is 4.79 Å². The molecule has 2 atom stereocenters. The van der Waals surface area contributed by atoms with Gasteiger partial charge in [-0.3, -0.25) is 9.69 Å². The van der Waals surface area contributed by atoms with E-state index in [0.29, 0.717) is 30.7 Å². The topological polar surface area (TPSA) is 33.5 Å². The third-order valence-electron chi connectivity index (χ3n) is 3.38. The Balaban J connectivity index is 1.94. The molecule has 88 valence electrons. The molecule has 3 nitrogen and oxygen atoms in total. The molecule has 1 aromatic heterocycles.